The van der Waals surface area contributed by atoms with Crippen molar-refractivity contribution in [3.05, 3.63) is 30.3 Å². The smallest absolute Gasteiger partial charge is 0.308 e. The minimum absolute atomic E-state index is 0.171. The van der Waals surface area contributed by atoms with Crippen molar-refractivity contribution in [2.45, 2.75) is 36.6 Å². The summed E-state index contributed by atoms with van der Waals surface area (Å²) in [6.07, 6.45) is 2.78. The highest BCUT2D eigenvalue weighted by Gasteiger charge is 2.33. The minimum atomic E-state index is -3.64. The molecule has 0 bridgehead atoms. The second-order valence-corrected chi connectivity index (χ2v) is 6.48. The van der Waals surface area contributed by atoms with Crippen molar-refractivity contribution >= 4 is 16.0 Å². The lowest BCUT2D eigenvalue weighted by Crippen LogP contribution is -2.44. The number of benzene rings is 1. The molecule has 1 aliphatic rings. The summed E-state index contributed by atoms with van der Waals surface area (Å²) in [5.41, 5.74) is 0. The first-order chi connectivity index (χ1) is 9.00. The van der Waals surface area contributed by atoms with Gasteiger partial charge in [-0.2, -0.15) is 0 Å². The number of sulfonamides is 1. The molecule has 0 unspecified atom stereocenters. The maximum Gasteiger partial charge on any atom is 0.308 e. The summed E-state index contributed by atoms with van der Waals surface area (Å²) in [5.74, 6) is -1.56. The molecule has 0 amide bonds. The van der Waals surface area contributed by atoms with Crippen LogP contribution in [0.25, 0.3) is 0 Å². The highest BCUT2D eigenvalue weighted by atomic mass is 32.2. The van der Waals surface area contributed by atoms with Gasteiger partial charge in [-0.1, -0.05) is 31.0 Å². The normalized spacial score (nSPS) is 24.0. The summed E-state index contributed by atoms with van der Waals surface area (Å²) in [5, 5.41) is 9.14. The number of aliphatic carboxylic acids is 1. The molecule has 5 nitrogen and oxygen atoms in total. The lowest BCUT2D eigenvalue weighted by Gasteiger charge is -2.28. The van der Waals surface area contributed by atoms with E-state index in [9.17, 15) is 13.2 Å². The van der Waals surface area contributed by atoms with Crippen LogP contribution in [0, 0.1) is 5.92 Å². The number of carbonyl (C=O) groups is 1. The Morgan fingerprint density at radius 2 is 1.79 bits per heavy atom. The average Bonchev–Trinajstić information content (AvgIpc) is 2.39. The van der Waals surface area contributed by atoms with E-state index in [1.54, 1.807) is 18.2 Å². The maximum atomic E-state index is 12.2. The van der Waals surface area contributed by atoms with Crippen LogP contribution < -0.4 is 4.72 Å². The number of carboxylic acid groups (broad SMARTS) is 1. The maximum absolute atomic E-state index is 12.2. The average molecular weight is 283 g/mol. The van der Waals surface area contributed by atoms with Gasteiger partial charge in [-0.05, 0) is 25.0 Å². The van der Waals surface area contributed by atoms with Gasteiger partial charge >= 0.3 is 5.97 Å². The summed E-state index contributed by atoms with van der Waals surface area (Å²) in [7, 11) is -3.64. The molecule has 1 aromatic carbocycles. The lowest BCUT2D eigenvalue weighted by molar-refractivity contribution is -0.143. The SMILES string of the molecule is O=C(O)[C@@H]1CCCC[C@H]1NS(=O)(=O)c1ccccc1. The third-order valence-corrected chi connectivity index (χ3v) is 4.95. The van der Waals surface area contributed by atoms with E-state index in [2.05, 4.69) is 4.72 Å². The van der Waals surface area contributed by atoms with Gasteiger partial charge < -0.3 is 5.11 Å². The highest BCUT2D eigenvalue weighted by molar-refractivity contribution is 7.89. The molecule has 6 heteroatoms. The van der Waals surface area contributed by atoms with Crippen LogP contribution >= 0.6 is 0 Å². The van der Waals surface area contributed by atoms with Crippen molar-refractivity contribution in [2.24, 2.45) is 5.92 Å². The van der Waals surface area contributed by atoms with Crippen molar-refractivity contribution in [1.82, 2.24) is 4.72 Å². The van der Waals surface area contributed by atoms with Gasteiger partial charge in [-0.3, -0.25) is 4.79 Å². The Kier molecular flexibility index (Phi) is 4.21. The van der Waals surface area contributed by atoms with E-state index >= 15 is 0 Å². The predicted octanol–water partition coefficient (Wildman–Crippen LogP) is 1.61. The van der Waals surface area contributed by atoms with E-state index in [0.717, 1.165) is 12.8 Å². The van der Waals surface area contributed by atoms with Gasteiger partial charge in [0.05, 0.1) is 10.8 Å². The third kappa shape index (κ3) is 3.33. The molecule has 2 rings (SSSR count). The molecule has 0 radical (unpaired) electrons. The second-order valence-electron chi connectivity index (χ2n) is 4.77. The van der Waals surface area contributed by atoms with Gasteiger partial charge in [-0.25, -0.2) is 13.1 Å². The van der Waals surface area contributed by atoms with Crippen LogP contribution in [-0.4, -0.2) is 25.5 Å². The van der Waals surface area contributed by atoms with Gasteiger partial charge in [0.1, 0.15) is 0 Å². The lowest BCUT2D eigenvalue weighted by atomic mass is 9.85. The Bertz CT molecular complexity index is 541. The zero-order chi connectivity index (χ0) is 13.9. The van der Waals surface area contributed by atoms with E-state index in [0.29, 0.717) is 12.8 Å². The molecular formula is C13H17NO4S. The van der Waals surface area contributed by atoms with Gasteiger partial charge in [0.2, 0.25) is 10.0 Å². The Labute approximate surface area is 112 Å². The Hall–Kier alpha value is -1.40. The Morgan fingerprint density at radius 3 is 2.42 bits per heavy atom. The molecule has 0 saturated heterocycles. The molecule has 1 aromatic rings. The number of hydrogen-bond donors (Lipinski definition) is 2. The molecule has 0 heterocycles. The fourth-order valence-corrected chi connectivity index (χ4v) is 3.77. The molecule has 1 fully saturated rings. The number of carboxylic acids is 1. The molecule has 1 aliphatic carbocycles. The van der Waals surface area contributed by atoms with Gasteiger partial charge in [0.25, 0.3) is 0 Å². The van der Waals surface area contributed by atoms with Crippen molar-refractivity contribution in [1.29, 1.82) is 0 Å². The summed E-state index contributed by atoms with van der Waals surface area (Å²) < 4.78 is 26.9. The van der Waals surface area contributed by atoms with Crippen LogP contribution in [0.2, 0.25) is 0 Å². The van der Waals surface area contributed by atoms with Crippen LogP contribution in [0.5, 0.6) is 0 Å². The summed E-state index contributed by atoms with van der Waals surface area (Å²) in [4.78, 5) is 11.3. The summed E-state index contributed by atoms with van der Waals surface area (Å²) in [6, 6.07) is 7.51. The van der Waals surface area contributed by atoms with Crippen molar-refractivity contribution < 1.29 is 18.3 Å². The van der Waals surface area contributed by atoms with Crippen LogP contribution in [0.4, 0.5) is 0 Å². The quantitative estimate of drug-likeness (QED) is 0.879. The first kappa shape index (κ1) is 14.0. The predicted molar refractivity (Wildman–Crippen MR) is 70.1 cm³/mol. The first-order valence-corrected chi connectivity index (χ1v) is 7.79. The molecule has 2 N–H and O–H groups in total. The van der Waals surface area contributed by atoms with Crippen molar-refractivity contribution in [2.75, 3.05) is 0 Å². The molecule has 0 aromatic heterocycles. The van der Waals surface area contributed by atoms with Gasteiger partial charge in [0.15, 0.2) is 0 Å². The zero-order valence-corrected chi connectivity index (χ0v) is 11.3. The Morgan fingerprint density at radius 1 is 1.16 bits per heavy atom. The van der Waals surface area contributed by atoms with E-state index in [-0.39, 0.29) is 4.90 Å². The fourth-order valence-electron chi connectivity index (χ4n) is 2.43. The highest BCUT2D eigenvalue weighted by Crippen LogP contribution is 2.26. The van der Waals surface area contributed by atoms with E-state index in [1.807, 2.05) is 0 Å². The standard InChI is InChI=1S/C13H17NO4S/c15-13(16)11-8-4-5-9-12(11)14-19(17,18)10-6-2-1-3-7-10/h1-3,6-7,11-12,14H,4-5,8-9H2,(H,15,16)/t11-,12-/m1/s1. The van der Waals surface area contributed by atoms with Crippen molar-refractivity contribution in [3.8, 4) is 0 Å². The van der Waals surface area contributed by atoms with Gasteiger partial charge in [-0.15, -0.1) is 0 Å². The van der Waals surface area contributed by atoms with E-state index in [4.69, 9.17) is 5.11 Å². The zero-order valence-electron chi connectivity index (χ0n) is 10.5. The third-order valence-electron chi connectivity index (χ3n) is 3.44. The number of nitrogens with one attached hydrogen (secondary N) is 1. The molecule has 104 valence electrons. The molecule has 1 saturated carbocycles. The van der Waals surface area contributed by atoms with Crippen LogP contribution in [0.15, 0.2) is 35.2 Å². The topological polar surface area (TPSA) is 83.5 Å². The van der Waals surface area contributed by atoms with Crippen LogP contribution in [0.1, 0.15) is 25.7 Å². The van der Waals surface area contributed by atoms with E-state index < -0.39 is 28.0 Å². The number of hydrogen-bond acceptors (Lipinski definition) is 3. The fraction of sp³-hybridized carbons (Fsp3) is 0.462. The summed E-state index contributed by atoms with van der Waals surface area (Å²) >= 11 is 0. The van der Waals surface area contributed by atoms with Crippen LogP contribution in [-0.2, 0) is 14.8 Å². The monoisotopic (exact) mass is 283 g/mol. The molecule has 19 heavy (non-hydrogen) atoms. The molecule has 0 spiro atoms. The number of rotatable bonds is 4. The largest absolute Gasteiger partial charge is 0.481 e. The minimum Gasteiger partial charge on any atom is -0.481 e. The second kappa shape index (κ2) is 5.71. The van der Waals surface area contributed by atoms with Crippen molar-refractivity contribution in [3.63, 3.8) is 0 Å². The molecule has 2 atom stereocenters. The van der Waals surface area contributed by atoms with Crippen LogP contribution in [0.3, 0.4) is 0 Å². The molecular weight excluding hydrogens is 266 g/mol. The van der Waals surface area contributed by atoms with Gasteiger partial charge in [0, 0.05) is 6.04 Å². The first-order valence-electron chi connectivity index (χ1n) is 6.31. The summed E-state index contributed by atoms with van der Waals surface area (Å²) in [6.45, 7) is 0. The van der Waals surface area contributed by atoms with E-state index in [1.165, 1.54) is 12.1 Å². The Balaban J connectivity index is 2.17. The molecule has 0 aliphatic heterocycles.